The van der Waals surface area contributed by atoms with Crippen LogP contribution in [0.1, 0.15) is 6.42 Å². The van der Waals surface area contributed by atoms with Gasteiger partial charge in [0.15, 0.2) is 0 Å². The number of rotatable bonds is 4. The van der Waals surface area contributed by atoms with Gasteiger partial charge in [-0.05, 0) is 6.42 Å². The zero-order chi connectivity index (χ0) is 14.9. The van der Waals surface area contributed by atoms with Crippen molar-refractivity contribution in [2.75, 3.05) is 18.5 Å². The maximum Gasteiger partial charge on any atom is 0.297 e. The Bertz CT molecular complexity index is 767. The van der Waals surface area contributed by atoms with Crippen LogP contribution in [0.4, 0.5) is 10.3 Å². The molecule has 22 heavy (non-hydrogen) atoms. The summed E-state index contributed by atoms with van der Waals surface area (Å²) in [6.45, 7) is 1.41. The SMILES string of the molecule is FCCn1cc(-c2noc(-c3nc4n(n3)CCCN4)n2)cn1. The van der Waals surface area contributed by atoms with Gasteiger partial charge in [0.2, 0.25) is 17.6 Å². The second kappa shape index (κ2) is 5.20. The molecule has 3 aromatic rings. The number of halogens is 1. The van der Waals surface area contributed by atoms with Crippen LogP contribution in [0.15, 0.2) is 16.9 Å². The molecular weight excluding hydrogens is 291 g/mol. The molecule has 0 amide bonds. The fourth-order valence-electron chi connectivity index (χ4n) is 2.27. The van der Waals surface area contributed by atoms with Crippen LogP contribution < -0.4 is 5.32 Å². The summed E-state index contributed by atoms with van der Waals surface area (Å²) >= 11 is 0. The van der Waals surface area contributed by atoms with Gasteiger partial charge in [-0.15, -0.1) is 5.10 Å². The summed E-state index contributed by atoms with van der Waals surface area (Å²) in [5.41, 5.74) is 0.658. The number of nitrogens with zero attached hydrogens (tertiary/aromatic N) is 7. The first kappa shape index (κ1) is 12.9. The van der Waals surface area contributed by atoms with Gasteiger partial charge in [-0.2, -0.15) is 15.1 Å². The van der Waals surface area contributed by atoms with Gasteiger partial charge >= 0.3 is 0 Å². The van der Waals surface area contributed by atoms with Crippen LogP contribution in [0.25, 0.3) is 23.1 Å². The van der Waals surface area contributed by atoms with E-state index >= 15 is 0 Å². The largest absolute Gasteiger partial charge is 0.354 e. The third-order valence-corrected chi connectivity index (χ3v) is 3.32. The van der Waals surface area contributed by atoms with Gasteiger partial charge in [-0.3, -0.25) is 4.68 Å². The first-order chi connectivity index (χ1) is 10.8. The minimum atomic E-state index is -0.476. The van der Waals surface area contributed by atoms with Crippen LogP contribution in [0.5, 0.6) is 0 Å². The summed E-state index contributed by atoms with van der Waals surface area (Å²) in [5, 5.41) is 15.4. The molecule has 1 N–H and O–H groups in total. The molecular formula is C12H13FN8O. The molecule has 0 fully saturated rings. The van der Waals surface area contributed by atoms with Crippen LogP contribution in [-0.2, 0) is 13.1 Å². The third kappa shape index (κ3) is 2.22. The molecule has 10 heteroatoms. The van der Waals surface area contributed by atoms with E-state index in [1.54, 1.807) is 17.1 Å². The zero-order valence-electron chi connectivity index (χ0n) is 11.6. The highest BCUT2D eigenvalue weighted by atomic mass is 19.1. The van der Waals surface area contributed by atoms with Crippen molar-refractivity contribution >= 4 is 5.95 Å². The van der Waals surface area contributed by atoms with Crippen LogP contribution in [0, 0.1) is 0 Å². The molecule has 0 aromatic carbocycles. The van der Waals surface area contributed by atoms with E-state index in [4.69, 9.17) is 4.52 Å². The summed E-state index contributed by atoms with van der Waals surface area (Å²) in [7, 11) is 0. The Morgan fingerprint density at radius 3 is 3.14 bits per heavy atom. The third-order valence-electron chi connectivity index (χ3n) is 3.32. The molecule has 3 aromatic heterocycles. The summed E-state index contributed by atoms with van der Waals surface area (Å²) in [6.07, 6.45) is 4.23. The minimum Gasteiger partial charge on any atom is -0.354 e. The summed E-state index contributed by atoms with van der Waals surface area (Å²) in [4.78, 5) is 8.61. The quantitative estimate of drug-likeness (QED) is 0.766. The highest BCUT2D eigenvalue weighted by Gasteiger charge is 2.20. The molecule has 1 aliphatic rings. The number of hydrogen-bond acceptors (Lipinski definition) is 7. The van der Waals surface area contributed by atoms with Gasteiger partial charge in [0.25, 0.3) is 5.89 Å². The van der Waals surface area contributed by atoms with E-state index in [-0.39, 0.29) is 12.4 Å². The van der Waals surface area contributed by atoms with E-state index in [1.165, 1.54) is 4.68 Å². The highest BCUT2D eigenvalue weighted by molar-refractivity contribution is 5.55. The standard InChI is InChI=1S/C12H13FN8O/c13-2-5-20-7-8(6-15-20)9-16-11(22-19-9)10-17-12-14-3-1-4-21(12)18-10/h6-7H,1-5H2,(H,14,17,18). The lowest BCUT2D eigenvalue weighted by atomic mass is 10.3. The Morgan fingerprint density at radius 2 is 2.27 bits per heavy atom. The number of nitrogens with one attached hydrogen (secondary N) is 1. The van der Waals surface area contributed by atoms with Crippen LogP contribution in [0.3, 0.4) is 0 Å². The molecule has 0 unspecified atom stereocenters. The maximum atomic E-state index is 12.3. The molecule has 4 heterocycles. The Hall–Kier alpha value is -2.78. The number of anilines is 1. The van der Waals surface area contributed by atoms with Gasteiger partial charge in [0, 0.05) is 19.3 Å². The first-order valence-electron chi connectivity index (χ1n) is 6.95. The number of hydrogen-bond donors (Lipinski definition) is 1. The van der Waals surface area contributed by atoms with Crippen molar-refractivity contribution < 1.29 is 8.91 Å². The van der Waals surface area contributed by atoms with Crippen molar-refractivity contribution in [3.05, 3.63) is 12.4 Å². The molecule has 114 valence electrons. The van der Waals surface area contributed by atoms with Crippen LogP contribution in [-0.4, -0.2) is 47.9 Å². The number of alkyl halides is 1. The highest BCUT2D eigenvalue weighted by Crippen LogP contribution is 2.22. The topological polar surface area (TPSA) is 99.5 Å². The van der Waals surface area contributed by atoms with E-state index in [2.05, 4.69) is 30.6 Å². The average molecular weight is 304 g/mol. The van der Waals surface area contributed by atoms with Crippen molar-refractivity contribution in [3.63, 3.8) is 0 Å². The lowest BCUT2D eigenvalue weighted by Gasteiger charge is -2.12. The number of fused-ring (bicyclic) bond motifs is 1. The second-order valence-electron chi connectivity index (χ2n) is 4.87. The predicted molar refractivity (Wildman–Crippen MR) is 73.6 cm³/mol. The lowest BCUT2D eigenvalue weighted by molar-refractivity contribution is 0.426. The van der Waals surface area contributed by atoms with E-state index in [0.29, 0.717) is 23.2 Å². The van der Waals surface area contributed by atoms with E-state index in [1.807, 2.05) is 0 Å². The number of aromatic nitrogens is 7. The minimum absolute atomic E-state index is 0.200. The van der Waals surface area contributed by atoms with Gasteiger partial charge in [-0.25, -0.2) is 9.07 Å². The van der Waals surface area contributed by atoms with E-state index < -0.39 is 6.67 Å². The first-order valence-corrected chi connectivity index (χ1v) is 6.95. The normalized spacial score (nSPS) is 13.9. The predicted octanol–water partition coefficient (Wildman–Crippen LogP) is 0.977. The van der Waals surface area contributed by atoms with Crippen LogP contribution >= 0.6 is 0 Å². The Morgan fingerprint density at radius 1 is 1.32 bits per heavy atom. The summed E-state index contributed by atoms with van der Waals surface area (Å²) < 4.78 is 20.8. The molecule has 0 spiro atoms. The number of aryl methyl sites for hydroxylation is 2. The molecule has 0 aliphatic carbocycles. The maximum absolute atomic E-state index is 12.3. The van der Waals surface area contributed by atoms with Gasteiger partial charge in [-0.1, -0.05) is 5.16 Å². The van der Waals surface area contributed by atoms with Gasteiger partial charge in [0.05, 0.1) is 18.3 Å². The van der Waals surface area contributed by atoms with Crippen molar-refractivity contribution in [1.29, 1.82) is 0 Å². The Balaban J connectivity index is 1.61. The van der Waals surface area contributed by atoms with Crippen molar-refractivity contribution in [1.82, 2.24) is 34.7 Å². The van der Waals surface area contributed by atoms with Crippen molar-refractivity contribution in [2.24, 2.45) is 0 Å². The molecule has 0 saturated carbocycles. The average Bonchev–Trinajstić information content (AvgIpc) is 3.25. The molecule has 0 radical (unpaired) electrons. The molecule has 0 saturated heterocycles. The Labute approximate surface area is 124 Å². The molecule has 4 rings (SSSR count). The van der Waals surface area contributed by atoms with Crippen LogP contribution in [0.2, 0.25) is 0 Å². The smallest absolute Gasteiger partial charge is 0.297 e. The second-order valence-corrected chi connectivity index (χ2v) is 4.87. The molecule has 0 atom stereocenters. The van der Waals surface area contributed by atoms with Gasteiger partial charge < -0.3 is 9.84 Å². The monoisotopic (exact) mass is 304 g/mol. The fourth-order valence-corrected chi connectivity index (χ4v) is 2.27. The summed E-state index contributed by atoms with van der Waals surface area (Å²) in [6, 6.07) is 0. The molecule has 9 nitrogen and oxygen atoms in total. The summed E-state index contributed by atoms with van der Waals surface area (Å²) in [5.74, 6) is 1.72. The fraction of sp³-hybridized carbons (Fsp3) is 0.417. The Kier molecular flexibility index (Phi) is 3.06. The molecule has 0 bridgehead atoms. The van der Waals surface area contributed by atoms with E-state index in [0.717, 1.165) is 19.5 Å². The van der Waals surface area contributed by atoms with Crippen molar-refractivity contribution in [3.8, 4) is 23.1 Å². The van der Waals surface area contributed by atoms with Crippen molar-refractivity contribution in [2.45, 2.75) is 19.5 Å². The van der Waals surface area contributed by atoms with E-state index in [9.17, 15) is 4.39 Å². The molecule has 1 aliphatic heterocycles. The van der Waals surface area contributed by atoms with Gasteiger partial charge in [0.1, 0.15) is 6.67 Å². The lowest BCUT2D eigenvalue weighted by Crippen LogP contribution is -2.17. The zero-order valence-corrected chi connectivity index (χ0v) is 11.6.